The lowest BCUT2D eigenvalue weighted by Gasteiger charge is -2.22. The summed E-state index contributed by atoms with van der Waals surface area (Å²) in [6, 6.07) is 4.13. The zero-order valence-electron chi connectivity index (χ0n) is 12.6. The van der Waals surface area contributed by atoms with Gasteiger partial charge in [0.1, 0.15) is 5.82 Å². The highest BCUT2D eigenvalue weighted by Crippen LogP contribution is 2.21. The van der Waals surface area contributed by atoms with Crippen molar-refractivity contribution in [2.75, 3.05) is 37.3 Å². The monoisotopic (exact) mass is 278 g/mol. The number of hydrogen-bond acceptors (Lipinski definition) is 5. The largest absolute Gasteiger partial charge is 0.476 e. The van der Waals surface area contributed by atoms with Crippen LogP contribution in [0.25, 0.3) is 0 Å². The Balaban J connectivity index is 1.90. The maximum absolute atomic E-state index is 5.87. The number of ether oxygens (including phenoxy) is 1. The van der Waals surface area contributed by atoms with E-state index in [0.717, 1.165) is 18.8 Å². The van der Waals surface area contributed by atoms with Crippen LogP contribution in [-0.4, -0.2) is 42.2 Å². The number of aromatic nitrogens is 1. The standard InChI is InChI=1S/C15H26N4O/c1-3-10-20-15-13(16)6-7-14(18-15)17-12(2)11-19-8-4-5-9-19/h6-7,12H,3-5,8-11,16H2,1-2H3,(H,17,18). The third kappa shape index (κ3) is 4.27. The second-order valence-electron chi connectivity index (χ2n) is 5.49. The van der Waals surface area contributed by atoms with Gasteiger partial charge in [-0.15, -0.1) is 0 Å². The highest BCUT2D eigenvalue weighted by molar-refractivity contribution is 5.53. The smallest absolute Gasteiger partial charge is 0.239 e. The summed E-state index contributed by atoms with van der Waals surface area (Å²) in [6.07, 6.45) is 3.59. The minimum Gasteiger partial charge on any atom is -0.476 e. The van der Waals surface area contributed by atoms with Gasteiger partial charge in [0.2, 0.25) is 5.88 Å². The molecule has 0 amide bonds. The van der Waals surface area contributed by atoms with E-state index in [4.69, 9.17) is 10.5 Å². The van der Waals surface area contributed by atoms with E-state index in [1.165, 1.54) is 25.9 Å². The average molecular weight is 278 g/mol. The van der Waals surface area contributed by atoms with Crippen LogP contribution in [0.4, 0.5) is 11.5 Å². The van der Waals surface area contributed by atoms with Crippen LogP contribution in [0.3, 0.4) is 0 Å². The van der Waals surface area contributed by atoms with Crippen LogP contribution < -0.4 is 15.8 Å². The lowest BCUT2D eigenvalue weighted by molar-refractivity contribution is 0.307. The molecule has 3 N–H and O–H groups in total. The van der Waals surface area contributed by atoms with Gasteiger partial charge in [-0.05, 0) is 51.4 Å². The van der Waals surface area contributed by atoms with Crippen molar-refractivity contribution in [1.82, 2.24) is 9.88 Å². The number of likely N-dealkylation sites (tertiary alicyclic amines) is 1. The van der Waals surface area contributed by atoms with Crippen LogP contribution in [-0.2, 0) is 0 Å². The Morgan fingerprint density at radius 2 is 2.15 bits per heavy atom. The molecule has 2 heterocycles. The fourth-order valence-corrected chi connectivity index (χ4v) is 2.50. The fourth-order valence-electron chi connectivity index (χ4n) is 2.50. The molecule has 1 fully saturated rings. The summed E-state index contributed by atoms with van der Waals surface area (Å²) < 4.78 is 5.56. The topological polar surface area (TPSA) is 63.4 Å². The van der Waals surface area contributed by atoms with E-state index < -0.39 is 0 Å². The highest BCUT2D eigenvalue weighted by atomic mass is 16.5. The molecule has 0 radical (unpaired) electrons. The van der Waals surface area contributed by atoms with Crippen molar-refractivity contribution in [3.05, 3.63) is 12.1 Å². The zero-order valence-corrected chi connectivity index (χ0v) is 12.6. The molecule has 2 rings (SSSR count). The lowest BCUT2D eigenvalue weighted by atomic mass is 10.3. The third-order valence-electron chi connectivity index (χ3n) is 3.46. The maximum atomic E-state index is 5.87. The predicted molar refractivity (Wildman–Crippen MR) is 83.2 cm³/mol. The molecule has 1 aromatic rings. The molecule has 5 nitrogen and oxygen atoms in total. The molecule has 20 heavy (non-hydrogen) atoms. The van der Waals surface area contributed by atoms with Crippen molar-refractivity contribution in [1.29, 1.82) is 0 Å². The van der Waals surface area contributed by atoms with Crippen LogP contribution in [0.15, 0.2) is 12.1 Å². The molecule has 0 saturated carbocycles. The van der Waals surface area contributed by atoms with Crippen molar-refractivity contribution in [2.24, 2.45) is 0 Å². The zero-order chi connectivity index (χ0) is 14.4. The molecular weight excluding hydrogens is 252 g/mol. The first-order chi connectivity index (χ1) is 9.69. The van der Waals surface area contributed by atoms with Gasteiger partial charge in [-0.2, -0.15) is 4.98 Å². The van der Waals surface area contributed by atoms with Crippen LogP contribution in [0.2, 0.25) is 0 Å². The second kappa shape index (κ2) is 7.33. The summed E-state index contributed by atoms with van der Waals surface area (Å²) in [5, 5.41) is 3.42. The number of rotatable bonds is 7. The number of pyridine rings is 1. The van der Waals surface area contributed by atoms with E-state index in [-0.39, 0.29) is 0 Å². The van der Waals surface area contributed by atoms with E-state index in [1.54, 1.807) is 0 Å². The first-order valence-corrected chi connectivity index (χ1v) is 7.57. The number of nitrogens with one attached hydrogen (secondary N) is 1. The van der Waals surface area contributed by atoms with Gasteiger partial charge in [-0.1, -0.05) is 6.92 Å². The molecule has 1 aliphatic heterocycles. The third-order valence-corrected chi connectivity index (χ3v) is 3.46. The van der Waals surface area contributed by atoms with E-state index in [2.05, 4.69) is 29.0 Å². The van der Waals surface area contributed by atoms with Crippen molar-refractivity contribution in [2.45, 2.75) is 39.2 Å². The Bertz CT molecular complexity index is 418. The minimum absolute atomic E-state index is 0.364. The number of nitrogens with two attached hydrogens (primary N) is 1. The molecule has 0 bridgehead atoms. The molecule has 1 unspecified atom stereocenters. The number of anilines is 2. The molecular formula is C15H26N4O. The molecule has 1 aromatic heterocycles. The summed E-state index contributed by atoms with van der Waals surface area (Å²) in [4.78, 5) is 6.94. The molecule has 0 aliphatic carbocycles. The first kappa shape index (κ1) is 14.9. The van der Waals surface area contributed by atoms with Crippen molar-refractivity contribution in [3.63, 3.8) is 0 Å². The van der Waals surface area contributed by atoms with Gasteiger partial charge in [0, 0.05) is 12.6 Å². The van der Waals surface area contributed by atoms with Gasteiger partial charge in [0.25, 0.3) is 0 Å². The van der Waals surface area contributed by atoms with Gasteiger partial charge < -0.3 is 20.7 Å². The molecule has 0 aromatic carbocycles. The molecule has 0 spiro atoms. The molecule has 1 atom stereocenters. The number of hydrogen-bond donors (Lipinski definition) is 2. The fraction of sp³-hybridized carbons (Fsp3) is 0.667. The molecule has 1 saturated heterocycles. The Morgan fingerprint density at radius 3 is 2.85 bits per heavy atom. The lowest BCUT2D eigenvalue weighted by Crippen LogP contribution is -2.33. The van der Waals surface area contributed by atoms with Gasteiger partial charge in [-0.3, -0.25) is 0 Å². The van der Waals surface area contributed by atoms with Gasteiger partial charge in [0.15, 0.2) is 0 Å². The van der Waals surface area contributed by atoms with E-state index in [1.807, 2.05) is 12.1 Å². The van der Waals surface area contributed by atoms with Crippen molar-refractivity contribution >= 4 is 11.5 Å². The molecule has 112 valence electrons. The van der Waals surface area contributed by atoms with Gasteiger partial charge in [-0.25, -0.2) is 0 Å². The normalized spacial score (nSPS) is 17.1. The van der Waals surface area contributed by atoms with Gasteiger partial charge in [0.05, 0.1) is 12.3 Å². The SMILES string of the molecule is CCCOc1nc(NC(C)CN2CCCC2)ccc1N. The van der Waals surface area contributed by atoms with Crippen LogP contribution in [0.1, 0.15) is 33.1 Å². The predicted octanol–water partition coefficient (Wildman–Crippen LogP) is 2.35. The molecule has 1 aliphatic rings. The summed E-state index contributed by atoms with van der Waals surface area (Å²) in [5.41, 5.74) is 6.46. The Morgan fingerprint density at radius 1 is 1.40 bits per heavy atom. The van der Waals surface area contributed by atoms with E-state index >= 15 is 0 Å². The number of nitrogens with zero attached hydrogens (tertiary/aromatic N) is 2. The summed E-state index contributed by atoms with van der Waals surface area (Å²) in [7, 11) is 0. The summed E-state index contributed by atoms with van der Waals surface area (Å²) in [5.74, 6) is 1.36. The van der Waals surface area contributed by atoms with Crippen LogP contribution >= 0.6 is 0 Å². The van der Waals surface area contributed by atoms with E-state index in [0.29, 0.717) is 24.2 Å². The quantitative estimate of drug-likeness (QED) is 0.801. The average Bonchev–Trinajstić information content (AvgIpc) is 2.92. The van der Waals surface area contributed by atoms with Crippen molar-refractivity contribution < 1.29 is 4.74 Å². The van der Waals surface area contributed by atoms with Crippen LogP contribution in [0.5, 0.6) is 5.88 Å². The second-order valence-corrected chi connectivity index (χ2v) is 5.49. The highest BCUT2D eigenvalue weighted by Gasteiger charge is 2.15. The van der Waals surface area contributed by atoms with Gasteiger partial charge >= 0.3 is 0 Å². The number of nitrogen functional groups attached to an aromatic ring is 1. The van der Waals surface area contributed by atoms with Crippen LogP contribution in [0, 0.1) is 0 Å². The Labute approximate surface area is 121 Å². The van der Waals surface area contributed by atoms with Crippen molar-refractivity contribution in [3.8, 4) is 5.88 Å². The summed E-state index contributed by atoms with van der Waals surface area (Å²) in [6.45, 7) is 8.37. The first-order valence-electron chi connectivity index (χ1n) is 7.57. The Kier molecular flexibility index (Phi) is 5.47. The van der Waals surface area contributed by atoms with E-state index in [9.17, 15) is 0 Å². The summed E-state index contributed by atoms with van der Waals surface area (Å²) >= 11 is 0. The Hall–Kier alpha value is -1.49. The maximum Gasteiger partial charge on any atom is 0.239 e. The molecule has 5 heteroatoms. The minimum atomic E-state index is 0.364.